The number of nitrogens with zero attached hydrogens (tertiary/aromatic N) is 2. The lowest BCUT2D eigenvalue weighted by Gasteiger charge is -2.36. The van der Waals surface area contributed by atoms with Crippen molar-refractivity contribution in [3.8, 4) is 0 Å². The predicted molar refractivity (Wildman–Crippen MR) is 68.2 cm³/mol. The van der Waals surface area contributed by atoms with Gasteiger partial charge in [0.25, 0.3) is 0 Å². The number of hydrogen-bond acceptors (Lipinski definition) is 4. The SMILES string of the molecule is CC1CCN(c2ccc(N)c(N)n2)CC1C. The Morgan fingerprint density at radius 1 is 1.25 bits per heavy atom. The van der Waals surface area contributed by atoms with Crippen molar-refractivity contribution < 1.29 is 0 Å². The first-order valence-electron chi connectivity index (χ1n) is 5.85. The second kappa shape index (κ2) is 4.20. The molecule has 0 radical (unpaired) electrons. The lowest BCUT2D eigenvalue weighted by molar-refractivity contribution is 0.323. The first-order chi connectivity index (χ1) is 7.58. The van der Waals surface area contributed by atoms with Crippen LogP contribution in [0, 0.1) is 11.8 Å². The van der Waals surface area contributed by atoms with Crippen LogP contribution in [0.1, 0.15) is 20.3 Å². The van der Waals surface area contributed by atoms with Gasteiger partial charge in [-0.05, 0) is 30.4 Å². The van der Waals surface area contributed by atoms with Gasteiger partial charge in [-0.25, -0.2) is 4.98 Å². The van der Waals surface area contributed by atoms with E-state index in [0.717, 1.165) is 24.8 Å². The monoisotopic (exact) mass is 220 g/mol. The molecule has 1 aliphatic heterocycles. The van der Waals surface area contributed by atoms with E-state index in [-0.39, 0.29) is 0 Å². The lowest BCUT2D eigenvalue weighted by atomic mass is 9.89. The summed E-state index contributed by atoms with van der Waals surface area (Å²) in [5, 5.41) is 0. The molecule has 2 heterocycles. The Morgan fingerprint density at radius 3 is 2.62 bits per heavy atom. The van der Waals surface area contributed by atoms with Gasteiger partial charge >= 0.3 is 0 Å². The molecule has 1 saturated heterocycles. The van der Waals surface area contributed by atoms with Gasteiger partial charge in [-0.1, -0.05) is 13.8 Å². The first kappa shape index (κ1) is 11.0. The highest BCUT2D eigenvalue weighted by atomic mass is 15.2. The number of hydrogen-bond donors (Lipinski definition) is 2. The van der Waals surface area contributed by atoms with Crippen molar-refractivity contribution in [1.29, 1.82) is 0 Å². The van der Waals surface area contributed by atoms with E-state index in [1.54, 1.807) is 0 Å². The maximum Gasteiger partial charge on any atom is 0.149 e. The fourth-order valence-electron chi connectivity index (χ4n) is 2.12. The summed E-state index contributed by atoms with van der Waals surface area (Å²) < 4.78 is 0. The minimum atomic E-state index is 0.434. The Labute approximate surface area is 96.6 Å². The van der Waals surface area contributed by atoms with Crippen LogP contribution in [-0.4, -0.2) is 18.1 Å². The molecule has 4 N–H and O–H groups in total. The van der Waals surface area contributed by atoms with Gasteiger partial charge in [0.05, 0.1) is 5.69 Å². The zero-order chi connectivity index (χ0) is 11.7. The van der Waals surface area contributed by atoms with Crippen molar-refractivity contribution in [2.24, 2.45) is 11.8 Å². The number of nitrogen functional groups attached to an aromatic ring is 2. The Bertz CT molecular complexity index is 377. The van der Waals surface area contributed by atoms with Crippen molar-refractivity contribution >= 4 is 17.3 Å². The van der Waals surface area contributed by atoms with Gasteiger partial charge in [0, 0.05) is 13.1 Å². The molecule has 2 atom stereocenters. The third-order valence-corrected chi connectivity index (χ3v) is 3.60. The maximum absolute atomic E-state index is 5.73. The summed E-state index contributed by atoms with van der Waals surface area (Å²) in [6.45, 7) is 6.71. The van der Waals surface area contributed by atoms with Crippen LogP contribution in [0.3, 0.4) is 0 Å². The molecule has 2 unspecified atom stereocenters. The summed E-state index contributed by atoms with van der Waals surface area (Å²) in [5.74, 6) is 2.88. The second-order valence-electron chi connectivity index (χ2n) is 4.83. The summed E-state index contributed by atoms with van der Waals surface area (Å²) >= 11 is 0. The molecule has 4 heteroatoms. The molecule has 0 spiro atoms. The number of nitrogens with two attached hydrogens (primary N) is 2. The van der Waals surface area contributed by atoms with Gasteiger partial charge in [0.15, 0.2) is 0 Å². The molecule has 88 valence electrons. The Kier molecular flexibility index (Phi) is 2.90. The van der Waals surface area contributed by atoms with Crippen molar-refractivity contribution in [3.63, 3.8) is 0 Å². The van der Waals surface area contributed by atoms with E-state index in [1.807, 2.05) is 12.1 Å². The van der Waals surface area contributed by atoms with E-state index in [4.69, 9.17) is 11.5 Å². The first-order valence-corrected chi connectivity index (χ1v) is 5.85. The smallest absolute Gasteiger partial charge is 0.149 e. The van der Waals surface area contributed by atoms with Crippen LogP contribution in [-0.2, 0) is 0 Å². The summed E-state index contributed by atoms with van der Waals surface area (Å²) in [6, 6.07) is 3.79. The van der Waals surface area contributed by atoms with E-state index < -0.39 is 0 Å². The van der Waals surface area contributed by atoms with E-state index >= 15 is 0 Å². The molecule has 0 aliphatic carbocycles. The van der Waals surface area contributed by atoms with Gasteiger partial charge in [-0.2, -0.15) is 0 Å². The van der Waals surface area contributed by atoms with E-state index in [2.05, 4.69) is 23.7 Å². The van der Waals surface area contributed by atoms with E-state index in [1.165, 1.54) is 6.42 Å². The largest absolute Gasteiger partial charge is 0.396 e. The normalized spacial score (nSPS) is 25.8. The van der Waals surface area contributed by atoms with Gasteiger partial charge in [-0.3, -0.25) is 0 Å². The predicted octanol–water partition coefficient (Wildman–Crippen LogP) is 1.73. The average molecular weight is 220 g/mol. The Hall–Kier alpha value is -1.45. The molecule has 0 bridgehead atoms. The maximum atomic E-state index is 5.73. The second-order valence-corrected chi connectivity index (χ2v) is 4.83. The van der Waals surface area contributed by atoms with Gasteiger partial charge in [0.1, 0.15) is 11.6 Å². The number of pyridine rings is 1. The zero-order valence-electron chi connectivity index (χ0n) is 9.98. The van der Waals surface area contributed by atoms with Crippen LogP contribution in [0.15, 0.2) is 12.1 Å². The molecule has 1 aromatic rings. The Balaban J connectivity index is 2.15. The average Bonchev–Trinajstić information content (AvgIpc) is 2.26. The van der Waals surface area contributed by atoms with E-state index in [0.29, 0.717) is 17.4 Å². The van der Waals surface area contributed by atoms with Crippen molar-refractivity contribution in [3.05, 3.63) is 12.1 Å². The van der Waals surface area contributed by atoms with Crippen LogP contribution in [0.4, 0.5) is 17.3 Å². The molecular weight excluding hydrogens is 200 g/mol. The fraction of sp³-hybridized carbons (Fsp3) is 0.583. The standard InChI is InChI=1S/C12H20N4/c1-8-5-6-16(7-9(8)2)11-4-3-10(13)12(14)15-11/h3-4,8-9H,5-7,13H2,1-2H3,(H2,14,15). The van der Waals surface area contributed by atoms with Gasteiger partial charge in [0.2, 0.25) is 0 Å². The topological polar surface area (TPSA) is 68.2 Å². The summed E-state index contributed by atoms with van der Waals surface area (Å²) in [6.07, 6.45) is 1.22. The molecule has 0 aromatic carbocycles. The van der Waals surface area contributed by atoms with E-state index in [9.17, 15) is 0 Å². The number of piperidine rings is 1. The van der Waals surface area contributed by atoms with Gasteiger partial charge in [-0.15, -0.1) is 0 Å². The van der Waals surface area contributed by atoms with Crippen molar-refractivity contribution in [2.75, 3.05) is 29.5 Å². The molecule has 4 nitrogen and oxygen atoms in total. The highest BCUT2D eigenvalue weighted by molar-refractivity contribution is 5.62. The van der Waals surface area contributed by atoms with Gasteiger partial charge < -0.3 is 16.4 Å². The number of rotatable bonds is 1. The fourth-order valence-corrected chi connectivity index (χ4v) is 2.12. The number of anilines is 3. The highest BCUT2D eigenvalue weighted by Gasteiger charge is 2.23. The molecule has 0 saturated carbocycles. The zero-order valence-corrected chi connectivity index (χ0v) is 9.98. The van der Waals surface area contributed by atoms with Crippen LogP contribution < -0.4 is 16.4 Å². The third-order valence-electron chi connectivity index (χ3n) is 3.60. The van der Waals surface area contributed by atoms with Crippen LogP contribution in [0.25, 0.3) is 0 Å². The molecule has 1 aliphatic rings. The molecule has 1 aromatic heterocycles. The quantitative estimate of drug-likeness (QED) is 0.756. The number of aromatic nitrogens is 1. The van der Waals surface area contributed by atoms with Crippen molar-refractivity contribution in [2.45, 2.75) is 20.3 Å². The minimum absolute atomic E-state index is 0.434. The molecule has 1 fully saturated rings. The molecule has 16 heavy (non-hydrogen) atoms. The molecule has 2 rings (SSSR count). The minimum Gasteiger partial charge on any atom is -0.396 e. The summed E-state index contributed by atoms with van der Waals surface area (Å²) in [4.78, 5) is 6.63. The van der Waals surface area contributed by atoms with Crippen molar-refractivity contribution in [1.82, 2.24) is 4.98 Å². The lowest BCUT2D eigenvalue weighted by Crippen LogP contribution is -2.38. The highest BCUT2D eigenvalue weighted by Crippen LogP contribution is 2.27. The summed E-state index contributed by atoms with van der Waals surface area (Å²) in [7, 11) is 0. The Morgan fingerprint density at radius 2 is 2.00 bits per heavy atom. The third kappa shape index (κ3) is 2.05. The molecule has 0 amide bonds. The van der Waals surface area contributed by atoms with Crippen LogP contribution >= 0.6 is 0 Å². The molecular formula is C12H20N4. The summed E-state index contributed by atoms with van der Waals surface area (Å²) in [5.41, 5.74) is 11.9. The van der Waals surface area contributed by atoms with Crippen LogP contribution in [0.5, 0.6) is 0 Å². The van der Waals surface area contributed by atoms with Crippen LogP contribution in [0.2, 0.25) is 0 Å².